The van der Waals surface area contributed by atoms with Gasteiger partial charge in [-0.25, -0.2) is 9.37 Å². The maximum atomic E-state index is 14.3. The quantitative estimate of drug-likeness (QED) is 0.330. The van der Waals surface area contributed by atoms with Crippen molar-refractivity contribution in [2.75, 3.05) is 6.54 Å². The zero-order valence-electron chi connectivity index (χ0n) is 20.9. The number of ether oxygens (including phenoxy) is 2. The highest BCUT2D eigenvalue weighted by molar-refractivity contribution is 5.85. The van der Waals surface area contributed by atoms with Crippen molar-refractivity contribution < 1.29 is 28.9 Å². The molecule has 3 aromatic rings. The van der Waals surface area contributed by atoms with E-state index in [1.54, 1.807) is 55.0 Å². The van der Waals surface area contributed by atoms with Crippen LogP contribution in [0.2, 0.25) is 0 Å². The number of amides is 1. The van der Waals surface area contributed by atoms with Gasteiger partial charge in [0.05, 0.1) is 43.4 Å². The number of hydrogen-bond donors (Lipinski definition) is 3. The SMILES string of the molecule is N#Cc1ccccc1COC1C[C@](OCc2ccccc2F)(C(=O)NCCCn2ccnc2)C[C@@H](O)[C@H]1O. The number of benzene rings is 2. The van der Waals surface area contributed by atoms with E-state index in [4.69, 9.17) is 9.47 Å². The van der Waals surface area contributed by atoms with Crippen molar-refractivity contribution in [2.45, 2.75) is 62.9 Å². The van der Waals surface area contributed by atoms with Crippen molar-refractivity contribution in [3.63, 3.8) is 0 Å². The van der Waals surface area contributed by atoms with Crippen LogP contribution >= 0.6 is 0 Å². The van der Waals surface area contributed by atoms with Crippen LogP contribution < -0.4 is 5.32 Å². The van der Waals surface area contributed by atoms with Crippen LogP contribution in [0.25, 0.3) is 0 Å². The molecule has 2 aromatic carbocycles. The molecule has 1 unspecified atom stereocenters. The monoisotopic (exact) mass is 522 g/mol. The number of aryl methyl sites for hydroxylation is 1. The van der Waals surface area contributed by atoms with Gasteiger partial charge in [-0.3, -0.25) is 4.79 Å². The summed E-state index contributed by atoms with van der Waals surface area (Å²) in [5, 5.41) is 33.7. The topological polar surface area (TPSA) is 130 Å². The second-order valence-electron chi connectivity index (χ2n) is 9.37. The Morgan fingerprint density at radius 2 is 1.92 bits per heavy atom. The number of nitrogens with zero attached hydrogens (tertiary/aromatic N) is 3. The van der Waals surface area contributed by atoms with Crippen LogP contribution in [0.1, 0.15) is 36.0 Å². The molecule has 9 nitrogen and oxygen atoms in total. The molecule has 1 amide bonds. The lowest BCUT2D eigenvalue weighted by molar-refractivity contribution is -0.200. The second-order valence-corrected chi connectivity index (χ2v) is 9.37. The van der Waals surface area contributed by atoms with Crippen molar-refractivity contribution in [3.8, 4) is 6.07 Å². The average molecular weight is 523 g/mol. The summed E-state index contributed by atoms with van der Waals surface area (Å²) in [5.74, 6) is -0.947. The van der Waals surface area contributed by atoms with E-state index in [0.29, 0.717) is 30.6 Å². The van der Waals surface area contributed by atoms with Gasteiger partial charge in [0, 0.05) is 43.9 Å². The molecule has 10 heteroatoms. The Bertz CT molecular complexity index is 1250. The Morgan fingerprint density at radius 3 is 2.66 bits per heavy atom. The van der Waals surface area contributed by atoms with Gasteiger partial charge in [-0.15, -0.1) is 0 Å². The molecule has 4 atom stereocenters. The standard InChI is InChI=1S/C28H31FN4O5/c29-23-9-4-3-8-22(23)18-38-28(27(36)32-10-5-12-33-13-11-31-19-33)14-24(34)26(35)25(15-28)37-17-21-7-2-1-6-20(21)16-30/h1-4,6-9,11,13,19,24-26,34-35H,5,10,12,14-15,17-18H2,(H,32,36)/t24-,25?,26-,28+/m1/s1. The van der Waals surface area contributed by atoms with Crippen LogP contribution in [-0.4, -0.2) is 56.1 Å². The molecule has 0 spiro atoms. The fourth-order valence-electron chi connectivity index (χ4n) is 4.59. The van der Waals surface area contributed by atoms with E-state index < -0.39 is 35.6 Å². The van der Waals surface area contributed by atoms with Crippen LogP contribution in [0.3, 0.4) is 0 Å². The van der Waals surface area contributed by atoms with E-state index in [-0.39, 0.29) is 31.6 Å². The maximum absolute atomic E-state index is 14.3. The lowest BCUT2D eigenvalue weighted by Crippen LogP contribution is -2.60. The summed E-state index contributed by atoms with van der Waals surface area (Å²) in [6, 6.07) is 15.1. The number of aliphatic hydroxyl groups excluding tert-OH is 2. The van der Waals surface area contributed by atoms with E-state index in [1.807, 2.05) is 10.8 Å². The van der Waals surface area contributed by atoms with Crippen LogP contribution in [0, 0.1) is 17.1 Å². The van der Waals surface area contributed by atoms with Gasteiger partial charge in [0.1, 0.15) is 11.9 Å². The fraction of sp³-hybridized carbons (Fsp3) is 0.393. The van der Waals surface area contributed by atoms with Gasteiger partial charge >= 0.3 is 0 Å². The van der Waals surface area contributed by atoms with E-state index in [0.717, 1.165) is 0 Å². The first kappa shape index (κ1) is 27.4. The highest BCUT2D eigenvalue weighted by Gasteiger charge is 2.51. The fourth-order valence-corrected chi connectivity index (χ4v) is 4.59. The van der Waals surface area contributed by atoms with Crippen molar-refractivity contribution in [1.82, 2.24) is 14.9 Å². The van der Waals surface area contributed by atoms with Crippen molar-refractivity contribution in [3.05, 3.63) is 89.8 Å². The summed E-state index contributed by atoms with van der Waals surface area (Å²) < 4.78 is 28.2. The first-order valence-electron chi connectivity index (χ1n) is 12.5. The molecule has 1 heterocycles. The summed E-state index contributed by atoms with van der Waals surface area (Å²) in [7, 11) is 0. The molecule has 38 heavy (non-hydrogen) atoms. The van der Waals surface area contributed by atoms with Gasteiger partial charge in [-0.05, 0) is 24.1 Å². The summed E-state index contributed by atoms with van der Waals surface area (Å²) >= 11 is 0. The normalized spacial score (nSPS) is 23.1. The molecule has 1 aliphatic carbocycles. The van der Waals surface area contributed by atoms with Crippen LogP contribution in [0.15, 0.2) is 67.3 Å². The molecule has 200 valence electrons. The predicted octanol–water partition coefficient (Wildman–Crippen LogP) is 2.46. The second kappa shape index (κ2) is 12.8. The molecule has 0 radical (unpaired) electrons. The Morgan fingerprint density at radius 1 is 1.16 bits per heavy atom. The molecule has 0 bridgehead atoms. The molecule has 1 aliphatic rings. The smallest absolute Gasteiger partial charge is 0.252 e. The minimum atomic E-state index is -1.57. The van der Waals surface area contributed by atoms with Crippen LogP contribution in [0.5, 0.6) is 0 Å². The van der Waals surface area contributed by atoms with Crippen molar-refractivity contribution >= 4 is 5.91 Å². The number of halogens is 1. The number of nitriles is 1. The third kappa shape index (κ3) is 6.62. The molecule has 0 saturated heterocycles. The zero-order valence-corrected chi connectivity index (χ0v) is 20.9. The van der Waals surface area contributed by atoms with Gasteiger partial charge in [0.25, 0.3) is 5.91 Å². The lowest BCUT2D eigenvalue weighted by atomic mass is 9.78. The molecular weight excluding hydrogens is 491 g/mol. The van der Waals surface area contributed by atoms with Crippen LogP contribution in [0.4, 0.5) is 4.39 Å². The lowest BCUT2D eigenvalue weighted by Gasteiger charge is -2.44. The first-order chi connectivity index (χ1) is 18.4. The van der Waals surface area contributed by atoms with E-state index in [9.17, 15) is 24.7 Å². The number of hydrogen-bond acceptors (Lipinski definition) is 7. The summed E-state index contributed by atoms with van der Waals surface area (Å²) in [5.41, 5.74) is -0.268. The van der Waals surface area contributed by atoms with Gasteiger partial charge in [-0.1, -0.05) is 36.4 Å². The van der Waals surface area contributed by atoms with Gasteiger partial charge < -0.3 is 29.6 Å². The Hall–Kier alpha value is -3.62. The zero-order chi connectivity index (χ0) is 27.0. The maximum Gasteiger partial charge on any atom is 0.252 e. The Balaban J connectivity index is 1.50. The highest BCUT2D eigenvalue weighted by Crippen LogP contribution is 2.36. The highest BCUT2D eigenvalue weighted by atomic mass is 19.1. The summed E-state index contributed by atoms with van der Waals surface area (Å²) in [4.78, 5) is 17.5. The Kier molecular flexibility index (Phi) is 9.20. The largest absolute Gasteiger partial charge is 0.390 e. The van der Waals surface area contributed by atoms with Gasteiger partial charge in [0.2, 0.25) is 0 Å². The van der Waals surface area contributed by atoms with Crippen molar-refractivity contribution in [1.29, 1.82) is 5.26 Å². The van der Waals surface area contributed by atoms with E-state index >= 15 is 0 Å². The first-order valence-corrected chi connectivity index (χ1v) is 12.5. The molecule has 0 aliphatic heterocycles. The third-order valence-electron chi connectivity index (χ3n) is 6.75. The molecular formula is C28H31FN4O5. The number of aliphatic hydroxyl groups is 2. The summed E-state index contributed by atoms with van der Waals surface area (Å²) in [6.45, 7) is 0.770. The molecule has 1 saturated carbocycles. The minimum Gasteiger partial charge on any atom is -0.390 e. The molecule has 1 fully saturated rings. The minimum absolute atomic E-state index is 0.00585. The predicted molar refractivity (Wildman–Crippen MR) is 135 cm³/mol. The number of imidazole rings is 1. The summed E-state index contributed by atoms with van der Waals surface area (Å²) in [6.07, 6.45) is 1.99. The third-order valence-corrected chi connectivity index (χ3v) is 6.75. The number of carbonyl (C=O) groups excluding carboxylic acids is 1. The molecule has 1 aromatic heterocycles. The van der Waals surface area contributed by atoms with E-state index in [2.05, 4.69) is 16.4 Å². The van der Waals surface area contributed by atoms with Crippen LogP contribution in [-0.2, 0) is 34.0 Å². The van der Waals surface area contributed by atoms with Crippen molar-refractivity contribution in [2.24, 2.45) is 0 Å². The van der Waals surface area contributed by atoms with Gasteiger partial charge in [0.15, 0.2) is 5.60 Å². The van der Waals surface area contributed by atoms with Gasteiger partial charge in [-0.2, -0.15) is 5.26 Å². The number of rotatable bonds is 11. The molecule has 3 N–H and O–H groups in total. The number of nitrogens with one attached hydrogen (secondary N) is 1. The van der Waals surface area contributed by atoms with E-state index in [1.165, 1.54) is 6.07 Å². The molecule has 4 rings (SSSR count). The number of carbonyl (C=O) groups is 1. The Labute approximate surface area is 220 Å². The number of aromatic nitrogens is 2. The average Bonchev–Trinajstić information content (AvgIpc) is 3.45.